The van der Waals surface area contributed by atoms with Crippen molar-refractivity contribution in [2.45, 2.75) is 24.3 Å². The summed E-state index contributed by atoms with van der Waals surface area (Å²) in [6.45, 7) is -0.837. The lowest BCUT2D eigenvalue weighted by Gasteiger charge is -2.09. The molecular weight excluding hydrogens is 268 g/mol. The molecule has 1 aromatic carbocycles. The third-order valence-corrected chi connectivity index (χ3v) is 3.44. The van der Waals surface area contributed by atoms with Gasteiger partial charge >= 0.3 is 6.61 Å². The molecule has 0 bridgehead atoms. The van der Waals surface area contributed by atoms with Crippen LogP contribution in [0.1, 0.15) is 11.1 Å². The normalized spacial score (nSPS) is 10.7. The molecule has 2 nitrogen and oxygen atoms in total. The van der Waals surface area contributed by atoms with Gasteiger partial charge in [-0.2, -0.15) is 8.78 Å². The van der Waals surface area contributed by atoms with Gasteiger partial charge in [0.2, 0.25) is 0 Å². The van der Waals surface area contributed by atoms with Crippen LogP contribution in [-0.4, -0.2) is 11.6 Å². The molecule has 2 rings (SSSR count). The van der Waals surface area contributed by atoms with E-state index in [-0.39, 0.29) is 5.75 Å². The van der Waals surface area contributed by atoms with Crippen LogP contribution in [0.3, 0.4) is 0 Å². The highest BCUT2D eigenvalue weighted by Crippen LogP contribution is 2.27. The van der Waals surface area contributed by atoms with E-state index in [4.69, 9.17) is 0 Å². The average Bonchev–Trinajstić information content (AvgIpc) is 2.39. The SMILES string of the molecule is Cc1ccc(SCc2ccccc2OC(F)F)nc1. The van der Waals surface area contributed by atoms with Crippen molar-refractivity contribution >= 4 is 11.8 Å². The smallest absolute Gasteiger partial charge is 0.387 e. The molecule has 0 N–H and O–H groups in total. The Morgan fingerprint density at radius 1 is 1.21 bits per heavy atom. The topological polar surface area (TPSA) is 22.1 Å². The summed E-state index contributed by atoms with van der Waals surface area (Å²) < 4.78 is 29.0. The molecule has 1 heterocycles. The molecule has 0 radical (unpaired) electrons. The molecule has 0 amide bonds. The number of nitrogens with zero attached hydrogens (tertiary/aromatic N) is 1. The first-order chi connectivity index (χ1) is 9.15. The van der Waals surface area contributed by atoms with Crippen molar-refractivity contribution in [1.82, 2.24) is 4.98 Å². The van der Waals surface area contributed by atoms with E-state index in [0.717, 1.165) is 16.2 Å². The second-order valence-electron chi connectivity index (χ2n) is 3.95. The van der Waals surface area contributed by atoms with E-state index in [1.807, 2.05) is 19.1 Å². The molecule has 0 aliphatic rings. The zero-order valence-corrected chi connectivity index (χ0v) is 11.2. The molecule has 1 aromatic heterocycles. The Kier molecular flexibility index (Phi) is 4.74. The second-order valence-corrected chi connectivity index (χ2v) is 4.94. The summed E-state index contributed by atoms with van der Waals surface area (Å²) in [4.78, 5) is 4.26. The van der Waals surface area contributed by atoms with Gasteiger partial charge in [0.1, 0.15) is 5.75 Å². The number of rotatable bonds is 5. The van der Waals surface area contributed by atoms with Gasteiger partial charge in [0.05, 0.1) is 5.03 Å². The molecule has 0 atom stereocenters. The molecule has 19 heavy (non-hydrogen) atoms. The van der Waals surface area contributed by atoms with Crippen molar-refractivity contribution in [1.29, 1.82) is 0 Å². The molecule has 0 aliphatic heterocycles. The minimum atomic E-state index is -2.80. The van der Waals surface area contributed by atoms with Crippen LogP contribution in [0.2, 0.25) is 0 Å². The van der Waals surface area contributed by atoms with Gasteiger partial charge in [0, 0.05) is 17.5 Å². The zero-order chi connectivity index (χ0) is 13.7. The maximum Gasteiger partial charge on any atom is 0.387 e. The van der Waals surface area contributed by atoms with E-state index in [1.165, 1.54) is 11.8 Å². The van der Waals surface area contributed by atoms with Crippen LogP contribution in [0.4, 0.5) is 8.78 Å². The maximum atomic E-state index is 12.3. The highest BCUT2D eigenvalue weighted by atomic mass is 32.2. The average molecular weight is 281 g/mol. The number of aromatic nitrogens is 1. The van der Waals surface area contributed by atoms with Gasteiger partial charge in [-0.15, -0.1) is 11.8 Å². The maximum absolute atomic E-state index is 12.3. The quantitative estimate of drug-likeness (QED) is 0.763. The van der Waals surface area contributed by atoms with E-state index in [1.54, 1.807) is 30.5 Å². The standard InChI is InChI=1S/C14H13F2NOS/c1-10-6-7-13(17-8-10)19-9-11-4-2-3-5-12(11)18-14(15)16/h2-8,14H,9H2,1H3. The van der Waals surface area contributed by atoms with Gasteiger partial charge < -0.3 is 4.74 Å². The van der Waals surface area contributed by atoms with Crippen molar-refractivity contribution in [2.75, 3.05) is 0 Å². The molecule has 100 valence electrons. The first kappa shape index (κ1) is 13.8. The second kappa shape index (κ2) is 6.52. The predicted molar refractivity (Wildman–Crippen MR) is 71.6 cm³/mol. The Hall–Kier alpha value is -1.62. The first-order valence-corrected chi connectivity index (χ1v) is 6.72. The van der Waals surface area contributed by atoms with E-state index in [9.17, 15) is 8.78 Å². The molecular formula is C14H13F2NOS. The lowest BCUT2D eigenvalue weighted by Crippen LogP contribution is -2.03. The van der Waals surface area contributed by atoms with Crippen LogP contribution in [0.15, 0.2) is 47.6 Å². The Labute approximate surface area is 114 Å². The third kappa shape index (κ3) is 4.21. The fourth-order valence-electron chi connectivity index (χ4n) is 1.53. The van der Waals surface area contributed by atoms with Gasteiger partial charge in [-0.25, -0.2) is 4.98 Å². The number of halogens is 2. The lowest BCUT2D eigenvalue weighted by molar-refractivity contribution is -0.0503. The minimum absolute atomic E-state index is 0.220. The Morgan fingerprint density at radius 3 is 2.68 bits per heavy atom. The number of thioether (sulfide) groups is 1. The Morgan fingerprint density at radius 2 is 2.00 bits per heavy atom. The number of benzene rings is 1. The summed E-state index contributed by atoms with van der Waals surface area (Å²) in [7, 11) is 0. The van der Waals surface area contributed by atoms with Crippen molar-refractivity contribution < 1.29 is 13.5 Å². The summed E-state index contributed by atoms with van der Waals surface area (Å²) in [6.07, 6.45) is 1.78. The van der Waals surface area contributed by atoms with Crippen molar-refractivity contribution in [2.24, 2.45) is 0 Å². The molecule has 0 aliphatic carbocycles. The van der Waals surface area contributed by atoms with E-state index < -0.39 is 6.61 Å². The molecule has 0 spiro atoms. The number of ether oxygens (including phenoxy) is 1. The van der Waals surface area contributed by atoms with Crippen LogP contribution in [0.25, 0.3) is 0 Å². The summed E-state index contributed by atoms with van der Waals surface area (Å²) in [6, 6.07) is 10.7. The molecule has 0 saturated heterocycles. The van der Waals surface area contributed by atoms with Crippen LogP contribution < -0.4 is 4.74 Å². The zero-order valence-electron chi connectivity index (χ0n) is 10.3. The van der Waals surface area contributed by atoms with Crippen LogP contribution >= 0.6 is 11.8 Å². The van der Waals surface area contributed by atoms with Gasteiger partial charge in [-0.1, -0.05) is 24.3 Å². The molecule has 2 aromatic rings. The number of hydrogen-bond acceptors (Lipinski definition) is 3. The number of aryl methyl sites for hydroxylation is 1. The molecule has 0 saturated carbocycles. The fraction of sp³-hybridized carbons (Fsp3) is 0.214. The molecule has 0 unspecified atom stereocenters. The predicted octanol–water partition coefficient (Wildman–Crippen LogP) is 4.28. The van der Waals surface area contributed by atoms with E-state index >= 15 is 0 Å². The molecule has 0 fully saturated rings. The fourth-order valence-corrected chi connectivity index (χ4v) is 2.36. The number of pyridine rings is 1. The third-order valence-electron chi connectivity index (χ3n) is 2.45. The summed E-state index contributed by atoms with van der Waals surface area (Å²) in [5.41, 5.74) is 1.82. The summed E-state index contributed by atoms with van der Waals surface area (Å²) in [5, 5.41) is 0.859. The summed E-state index contributed by atoms with van der Waals surface area (Å²) >= 11 is 1.49. The Balaban J connectivity index is 2.04. The van der Waals surface area contributed by atoms with Gasteiger partial charge in [-0.3, -0.25) is 0 Å². The van der Waals surface area contributed by atoms with Crippen LogP contribution in [0, 0.1) is 6.92 Å². The highest BCUT2D eigenvalue weighted by Gasteiger charge is 2.09. The summed E-state index contributed by atoms with van der Waals surface area (Å²) in [5.74, 6) is 0.760. The highest BCUT2D eigenvalue weighted by molar-refractivity contribution is 7.98. The largest absolute Gasteiger partial charge is 0.435 e. The first-order valence-electron chi connectivity index (χ1n) is 5.73. The van der Waals surface area contributed by atoms with E-state index in [2.05, 4.69) is 9.72 Å². The number of hydrogen-bond donors (Lipinski definition) is 0. The molecule has 5 heteroatoms. The minimum Gasteiger partial charge on any atom is -0.435 e. The van der Waals surface area contributed by atoms with Crippen molar-refractivity contribution in [3.05, 3.63) is 53.7 Å². The number of alkyl halides is 2. The van der Waals surface area contributed by atoms with Gasteiger partial charge in [0.15, 0.2) is 0 Å². The Bertz CT molecular complexity index is 531. The lowest BCUT2D eigenvalue weighted by atomic mass is 10.2. The van der Waals surface area contributed by atoms with Crippen LogP contribution in [0.5, 0.6) is 5.75 Å². The number of para-hydroxylation sites is 1. The monoisotopic (exact) mass is 281 g/mol. The van der Waals surface area contributed by atoms with E-state index in [0.29, 0.717) is 5.75 Å². The van der Waals surface area contributed by atoms with Gasteiger partial charge in [0.25, 0.3) is 0 Å². The van der Waals surface area contributed by atoms with Crippen molar-refractivity contribution in [3.8, 4) is 5.75 Å². The van der Waals surface area contributed by atoms with Crippen LogP contribution in [-0.2, 0) is 5.75 Å². The van der Waals surface area contributed by atoms with Gasteiger partial charge in [-0.05, 0) is 24.6 Å². The van der Waals surface area contributed by atoms with Crippen molar-refractivity contribution in [3.63, 3.8) is 0 Å².